The zero-order valence-corrected chi connectivity index (χ0v) is 9.12. The van der Waals surface area contributed by atoms with E-state index < -0.39 is 11.7 Å². The number of nitrogens with two attached hydrogens (primary N) is 1. The van der Waals surface area contributed by atoms with Gasteiger partial charge in [0.05, 0.1) is 11.8 Å². The highest BCUT2D eigenvalue weighted by molar-refractivity contribution is 6.04. The maximum absolute atomic E-state index is 13.7. The summed E-state index contributed by atoms with van der Waals surface area (Å²) in [4.78, 5) is 11.8. The highest BCUT2D eigenvalue weighted by Gasteiger charge is 2.15. The molecule has 4 N–H and O–H groups in total. The second-order valence-corrected chi connectivity index (χ2v) is 3.62. The minimum Gasteiger partial charge on any atom is -0.399 e. The third-order valence-electron chi connectivity index (χ3n) is 2.27. The van der Waals surface area contributed by atoms with Crippen LogP contribution in [0.2, 0.25) is 0 Å². The van der Waals surface area contributed by atoms with Crippen molar-refractivity contribution in [1.82, 2.24) is 10.2 Å². The van der Waals surface area contributed by atoms with Gasteiger partial charge in [-0.3, -0.25) is 9.89 Å². The van der Waals surface area contributed by atoms with Gasteiger partial charge in [-0.2, -0.15) is 5.10 Å². The van der Waals surface area contributed by atoms with Crippen LogP contribution >= 0.6 is 0 Å². The largest absolute Gasteiger partial charge is 0.399 e. The SMILES string of the molecule is Cc1cc(N)cc(C(=O)Nc2ccn[nH]2)c1F. The average molecular weight is 234 g/mol. The van der Waals surface area contributed by atoms with E-state index in [4.69, 9.17) is 5.73 Å². The van der Waals surface area contributed by atoms with Crippen LogP contribution in [-0.4, -0.2) is 16.1 Å². The first kappa shape index (κ1) is 11.1. The molecule has 0 saturated heterocycles. The van der Waals surface area contributed by atoms with Crippen LogP contribution < -0.4 is 11.1 Å². The van der Waals surface area contributed by atoms with Crippen molar-refractivity contribution in [3.8, 4) is 0 Å². The van der Waals surface area contributed by atoms with Crippen molar-refractivity contribution in [2.24, 2.45) is 0 Å². The second-order valence-electron chi connectivity index (χ2n) is 3.62. The van der Waals surface area contributed by atoms with Gasteiger partial charge < -0.3 is 11.1 Å². The van der Waals surface area contributed by atoms with Gasteiger partial charge in [-0.1, -0.05) is 0 Å². The topological polar surface area (TPSA) is 83.8 Å². The first-order valence-corrected chi connectivity index (χ1v) is 4.94. The molecule has 5 nitrogen and oxygen atoms in total. The molecule has 1 amide bonds. The van der Waals surface area contributed by atoms with Crippen molar-refractivity contribution in [3.63, 3.8) is 0 Å². The van der Waals surface area contributed by atoms with Gasteiger partial charge >= 0.3 is 0 Å². The van der Waals surface area contributed by atoms with E-state index in [0.717, 1.165) is 0 Å². The number of nitrogens with one attached hydrogen (secondary N) is 2. The quantitative estimate of drug-likeness (QED) is 0.691. The van der Waals surface area contributed by atoms with Crippen molar-refractivity contribution in [3.05, 3.63) is 41.3 Å². The number of nitrogen functional groups attached to an aromatic ring is 1. The third kappa shape index (κ3) is 2.25. The highest BCUT2D eigenvalue weighted by atomic mass is 19.1. The molecule has 17 heavy (non-hydrogen) atoms. The smallest absolute Gasteiger partial charge is 0.259 e. The van der Waals surface area contributed by atoms with Gasteiger partial charge in [0.2, 0.25) is 0 Å². The van der Waals surface area contributed by atoms with Gasteiger partial charge in [0.25, 0.3) is 5.91 Å². The summed E-state index contributed by atoms with van der Waals surface area (Å²) in [6.45, 7) is 1.55. The van der Waals surface area contributed by atoms with Crippen LogP contribution in [0.1, 0.15) is 15.9 Å². The summed E-state index contributed by atoms with van der Waals surface area (Å²) in [5.74, 6) is -0.743. The molecular formula is C11H11FN4O. The lowest BCUT2D eigenvalue weighted by Gasteiger charge is -2.07. The molecule has 0 bridgehead atoms. The molecule has 1 aromatic carbocycles. The molecule has 1 heterocycles. The molecule has 0 radical (unpaired) electrons. The van der Waals surface area contributed by atoms with E-state index in [1.807, 2.05) is 0 Å². The first-order chi connectivity index (χ1) is 8.08. The monoisotopic (exact) mass is 234 g/mol. The molecule has 6 heteroatoms. The lowest BCUT2D eigenvalue weighted by molar-refractivity contribution is 0.102. The van der Waals surface area contributed by atoms with Gasteiger partial charge in [-0.15, -0.1) is 0 Å². The van der Waals surface area contributed by atoms with Gasteiger partial charge in [0, 0.05) is 11.8 Å². The molecule has 1 aromatic heterocycles. The van der Waals surface area contributed by atoms with E-state index in [9.17, 15) is 9.18 Å². The van der Waals surface area contributed by atoms with Gasteiger partial charge in [0.1, 0.15) is 11.6 Å². The zero-order chi connectivity index (χ0) is 12.4. The molecule has 0 aliphatic heterocycles. The van der Waals surface area contributed by atoms with Gasteiger partial charge in [-0.05, 0) is 24.6 Å². The summed E-state index contributed by atoms with van der Waals surface area (Å²) in [6, 6.07) is 4.34. The molecule has 0 unspecified atom stereocenters. The van der Waals surface area contributed by atoms with E-state index in [1.165, 1.54) is 18.3 Å². The van der Waals surface area contributed by atoms with E-state index in [1.54, 1.807) is 13.0 Å². The number of hydrogen-bond acceptors (Lipinski definition) is 3. The number of nitrogens with zero attached hydrogens (tertiary/aromatic N) is 1. The zero-order valence-electron chi connectivity index (χ0n) is 9.12. The molecule has 0 atom stereocenters. The molecule has 88 valence electrons. The Morgan fingerprint density at radius 3 is 2.94 bits per heavy atom. The fraction of sp³-hybridized carbons (Fsp3) is 0.0909. The van der Waals surface area contributed by atoms with E-state index in [0.29, 0.717) is 17.1 Å². The summed E-state index contributed by atoms with van der Waals surface area (Å²) < 4.78 is 13.7. The number of anilines is 2. The number of aromatic amines is 1. The Kier molecular flexibility index (Phi) is 2.78. The number of aryl methyl sites for hydroxylation is 1. The van der Waals surface area contributed by atoms with Crippen LogP contribution in [0, 0.1) is 12.7 Å². The first-order valence-electron chi connectivity index (χ1n) is 4.94. The molecular weight excluding hydrogens is 223 g/mol. The minimum atomic E-state index is -0.573. The Hall–Kier alpha value is -2.37. The number of aromatic nitrogens is 2. The summed E-state index contributed by atoms with van der Waals surface area (Å²) in [5.41, 5.74) is 6.17. The maximum Gasteiger partial charge on any atom is 0.259 e. The minimum absolute atomic E-state index is 0.0860. The number of carbonyl (C=O) groups excluding carboxylic acids is 1. The lowest BCUT2D eigenvalue weighted by Crippen LogP contribution is -2.15. The van der Waals surface area contributed by atoms with Crippen LogP contribution in [0.15, 0.2) is 24.4 Å². The Balaban J connectivity index is 2.31. The number of benzene rings is 1. The number of hydrogen-bond donors (Lipinski definition) is 3. The molecule has 0 aliphatic rings. The number of halogens is 1. The third-order valence-corrected chi connectivity index (χ3v) is 2.27. The number of H-pyrrole nitrogens is 1. The van der Waals surface area contributed by atoms with E-state index in [-0.39, 0.29) is 5.56 Å². The predicted octanol–water partition coefficient (Wildman–Crippen LogP) is 1.69. The number of amides is 1. The predicted molar refractivity (Wildman–Crippen MR) is 62.1 cm³/mol. The maximum atomic E-state index is 13.7. The Bertz CT molecular complexity index is 551. The van der Waals surface area contributed by atoms with Crippen molar-refractivity contribution in [1.29, 1.82) is 0 Å². The van der Waals surface area contributed by atoms with Crippen LogP contribution in [0.4, 0.5) is 15.9 Å². The molecule has 2 rings (SSSR count). The summed E-state index contributed by atoms with van der Waals surface area (Å²) in [5, 5.41) is 8.70. The van der Waals surface area contributed by atoms with Gasteiger partial charge in [-0.25, -0.2) is 4.39 Å². The van der Waals surface area contributed by atoms with E-state index >= 15 is 0 Å². The Morgan fingerprint density at radius 2 is 2.29 bits per heavy atom. The van der Waals surface area contributed by atoms with Crippen LogP contribution in [-0.2, 0) is 0 Å². The normalized spacial score (nSPS) is 10.2. The second kappa shape index (κ2) is 4.25. The Morgan fingerprint density at radius 1 is 1.53 bits per heavy atom. The van der Waals surface area contributed by atoms with Crippen molar-refractivity contribution in [2.75, 3.05) is 11.1 Å². The standard InChI is InChI=1S/C11H11FN4O/c1-6-4-7(13)5-8(10(6)12)11(17)15-9-2-3-14-16-9/h2-5H,13H2,1H3,(H2,14,15,16,17). The summed E-state index contributed by atoms with van der Waals surface area (Å²) in [6.07, 6.45) is 1.48. The van der Waals surface area contributed by atoms with Crippen molar-refractivity contribution in [2.45, 2.75) is 6.92 Å². The van der Waals surface area contributed by atoms with Crippen LogP contribution in [0.25, 0.3) is 0 Å². The van der Waals surface area contributed by atoms with Crippen molar-refractivity contribution < 1.29 is 9.18 Å². The summed E-state index contributed by atoms with van der Waals surface area (Å²) >= 11 is 0. The molecule has 0 spiro atoms. The fourth-order valence-corrected chi connectivity index (χ4v) is 1.48. The van der Waals surface area contributed by atoms with Crippen LogP contribution in [0.5, 0.6) is 0 Å². The molecule has 0 saturated carbocycles. The van der Waals surface area contributed by atoms with E-state index in [2.05, 4.69) is 15.5 Å². The van der Waals surface area contributed by atoms with Gasteiger partial charge in [0.15, 0.2) is 0 Å². The molecule has 0 aliphatic carbocycles. The lowest BCUT2D eigenvalue weighted by atomic mass is 10.1. The number of carbonyl (C=O) groups is 1. The Labute approximate surface area is 96.8 Å². The summed E-state index contributed by atoms with van der Waals surface area (Å²) in [7, 11) is 0. The molecule has 0 fully saturated rings. The molecule has 2 aromatic rings. The highest BCUT2D eigenvalue weighted by Crippen LogP contribution is 2.18. The van der Waals surface area contributed by atoms with Crippen LogP contribution in [0.3, 0.4) is 0 Å². The van der Waals surface area contributed by atoms with Crippen molar-refractivity contribution >= 4 is 17.4 Å². The average Bonchev–Trinajstić information content (AvgIpc) is 2.76. The number of rotatable bonds is 2. The fourth-order valence-electron chi connectivity index (χ4n) is 1.48.